The zero-order valence-corrected chi connectivity index (χ0v) is 12.3. The minimum absolute atomic E-state index is 0.253. The Bertz CT molecular complexity index is 610. The summed E-state index contributed by atoms with van der Waals surface area (Å²) in [4.78, 5) is 16.5. The molecule has 2 aromatic rings. The lowest BCUT2D eigenvalue weighted by Gasteiger charge is -2.12. The van der Waals surface area contributed by atoms with Crippen molar-refractivity contribution in [2.75, 3.05) is 12.3 Å². The van der Waals surface area contributed by atoms with E-state index in [0.717, 1.165) is 10.7 Å². The average Bonchev–Trinajstić information content (AvgIpc) is 2.82. The number of nitrogens with two attached hydrogens (primary N) is 1. The zero-order chi connectivity index (χ0) is 14.5. The summed E-state index contributed by atoms with van der Waals surface area (Å²) in [5, 5.41) is 5.71. The van der Waals surface area contributed by atoms with E-state index in [0.29, 0.717) is 30.2 Å². The molecule has 0 saturated heterocycles. The largest absolute Gasteiger partial charge is 0.493 e. The fourth-order valence-electron chi connectivity index (χ4n) is 1.82. The summed E-state index contributed by atoms with van der Waals surface area (Å²) in [6, 6.07) is 5.19. The maximum absolute atomic E-state index is 12.2. The second-order valence-electron chi connectivity index (χ2n) is 4.19. The fraction of sp³-hybridized carbons (Fsp3) is 0.286. The number of benzene rings is 1. The van der Waals surface area contributed by atoms with Crippen molar-refractivity contribution in [3.05, 3.63) is 39.8 Å². The molecule has 0 unspecified atom stereocenters. The molecule has 20 heavy (non-hydrogen) atoms. The maximum Gasteiger partial charge on any atom is 0.257 e. The van der Waals surface area contributed by atoms with E-state index in [1.54, 1.807) is 29.5 Å². The van der Waals surface area contributed by atoms with Crippen molar-refractivity contribution < 1.29 is 9.53 Å². The van der Waals surface area contributed by atoms with Gasteiger partial charge in [0.05, 0.1) is 23.9 Å². The predicted octanol–water partition coefficient (Wildman–Crippen LogP) is 2.36. The van der Waals surface area contributed by atoms with Crippen molar-refractivity contribution >= 4 is 22.9 Å². The minimum Gasteiger partial charge on any atom is -0.493 e. The number of carbonyl (C=O) groups excluding carboxylic acids is 1. The number of nitrogen functional groups attached to an aromatic ring is 1. The van der Waals surface area contributed by atoms with E-state index >= 15 is 0 Å². The van der Waals surface area contributed by atoms with Crippen LogP contribution in [0.15, 0.2) is 23.6 Å². The summed E-state index contributed by atoms with van der Waals surface area (Å²) in [6.07, 6.45) is 0. The number of thiazole rings is 1. The van der Waals surface area contributed by atoms with E-state index in [1.165, 1.54) is 0 Å². The quantitative estimate of drug-likeness (QED) is 0.829. The molecule has 5 nitrogen and oxygen atoms in total. The Morgan fingerprint density at radius 2 is 2.30 bits per heavy atom. The number of hydrogen-bond acceptors (Lipinski definition) is 5. The van der Waals surface area contributed by atoms with Crippen molar-refractivity contribution in [1.29, 1.82) is 0 Å². The Balaban J connectivity index is 2.12. The van der Waals surface area contributed by atoms with Crippen molar-refractivity contribution in [2.45, 2.75) is 20.4 Å². The lowest BCUT2D eigenvalue weighted by atomic mass is 10.1. The molecule has 0 radical (unpaired) electrons. The number of ether oxygens (including phenoxy) is 1. The summed E-state index contributed by atoms with van der Waals surface area (Å²) in [5.41, 5.74) is 7.49. The van der Waals surface area contributed by atoms with E-state index in [4.69, 9.17) is 10.5 Å². The Labute approximate surface area is 121 Å². The lowest BCUT2D eigenvalue weighted by Crippen LogP contribution is -2.24. The molecule has 2 rings (SSSR count). The van der Waals surface area contributed by atoms with Gasteiger partial charge in [0, 0.05) is 11.1 Å². The van der Waals surface area contributed by atoms with Gasteiger partial charge in [0.25, 0.3) is 5.91 Å². The van der Waals surface area contributed by atoms with E-state index < -0.39 is 0 Å². The molecule has 0 spiro atoms. The van der Waals surface area contributed by atoms with Crippen molar-refractivity contribution in [2.24, 2.45) is 0 Å². The van der Waals surface area contributed by atoms with E-state index in [1.807, 2.05) is 19.2 Å². The number of aryl methyl sites for hydroxylation is 1. The van der Waals surface area contributed by atoms with Crippen LogP contribution >= 0.6 is 11.3 Å². The van der Waals surface area contributed by atoms with E-state index in [2.05, 4.69) is 10.3 Å². The number of amides is 1. The number of carbonyl (C=O) groups is 1. The molecule has 0 bridgehead atoms. The number of hydrogen-bond donors (Lipinski definition) is 2. The van der Waals surface area contributed by atoms with Gasteiger partial charge >= 0.3 is 0 Å². The summed E-state index contributed by atoms with van der Waals surface area (Å²) < 4.78 is 5.44. The molecule has 1 amide bonds. The SMILES string of the molecule is CCOc1cccc(N)c1C(=O)NCc1csc(C)n1. The van der Waals surface area contributed by atoms with Crippen LogP contribution in [0.1, 0.15) is 28.0 Å². The highest BCUT2D eigenvalue weighted by Gasteiger charge is 2.16. The fourth-order valence-corrected chi connectivity index (χ4v) is 2.43. The van der Waals surface area contributed by atoms with Crippen molar-refractivity contribution in [3.63, 3.8) is 0 Å². The van der Waals surface area contributed by atoms with E-state index in [9.17, 15) is 4.79 Å². The van der Waals surface area contributed by atoms with Gasteiger partial charge in [-0.2, -0.15) is 0 Å². The Morgan fingerprint density at radius 3 is 2.95 bits per heavy atom. The van der Waals surface area contributed by atoms with Crippen LogP contribution in [0.2, 0.25) is 0 Å². The van der Waals surface area contributed by atoms with Crippen LogP contribution in [0, 0.1) is 6.92 Å². The molecular weight excluding hydrogens is 274 g/mol. The van der Waals surface area contributed by atoms with Gasteiger partial charge in [0.1, 0.15) is 11.3 Å². The third kappa shape index (κ3) is 3.27. The van der Waals surface area contributed by atoms with Crippen molar-refractivity contribution in [3.8, 4) is 5.75 Å². The predicted molar refractivity (Wildman–Crippen MR) is 80.0 cm³/mol. The second-order valence-corrected chi connectivity index (χ2v) is 5.26. The van der Waals surface area contributed by atoms with Gasteiger partial charge in [-0.05, 0) is 26.0 Å². The highest BCUT2D eigenvalue weighted by Crippen LogP contribution is 2.24. The summed E-state index contributed by atoms with van der Waals surface area (Å²) in [6.45, 7) is 4.65. The highest BCUT2D eigenvalue weighted by atomic mass is 32.1. The standard InChI is InChI=1S/C14H17N3O2S/c1-3-19-12-6-4-5-11(15)13(12)14(18)16-7-10-8-20-9(2)17-10/h4-6,8H,3,7,15H2,1-2H3,(H,16,18). The maximum atomic E-state index is 12.2. The number of nitrogens with one attached hydrogen (secondary N) is 1. The third-order valence-corrected chi connectivity index (χ3v) is 3.50. The Morgan fingerprint density at radius 1 is 1.50 bits per heavy atom. The molecule has 0 aliphatic rings. The molecule has 0 aliphatic heterocycles. The average molecular weight is 291 g/mol. The van der Waals surface area contributed by atoms with Crippen LogP contribution in [-0.4, -0.2) is 17.5 Å². The van der Waals surface area contributed by atoms with Crippen LogP contribution in [0.5, 0.6) is 5.75 Å². The number of aromatic nitrogens is 1. The first kappa shape index (κ1) is 14.3. The van der Waals surface area contributed by atoms with Gasteiger partial charge in [-0.3, -0.25) is 4.79 Å². The van der Waals surface area contributed by atoms with Crippen LogP contribution in [0.3, 0.4) is 0 Å². The van der Waals surface area contributed by atoms with E-state index in [-0.39, 0.29) is 5.91 Å². The van der Waals surface area contributed by atoms with Gasteiger partial charge in [0.15, 0.2) is 0 Å². The highest BCUT2D eigenvalue weighted by molar-refractivity contribution is 7.09. The lowest BCUT2D eigenvalue weighted by molar-refractivity contribution is 0.0947. The first-order chi connectivity index (χ1) is 9.61. The monoisotopic (exact) mass is 291 g/mol. The number of rotatable bonds is 5. The number of nitrogens with zero attached hydrogens (tertiary/aromatic N) is 1. The summed E-state index contributed by atoms with van der Waals surface area (Å²) >= 11 is 1.55. The Kier molecular flexibility index (Phi) is 4.57. The molecule has 0 fully saturated rings. The molecule has 106 valence electrons. The summed E-state index contributed by atoms with van der Waals surface area (Å²) in [5.74, 6) is 0.247. The Hall–Kier alpha value is -2.08. The molecule has 6 heteroatoms. The third-order valence-electron chi connectivity index (χ3n) is 2.68. The molecule has 3 N–H and O–H groups in total. The molecule has 0 saturated carbocycles. The second kappa shape index (κ2) is 6.38. The van der Waals surface area contributed by atoms with Crippen molar-refractivity contribution in [1.82, 2.24) is 10.3 Å². The molecule has 1 heterocycles. The normalized spacial score (nSPS) is 10.3. The van der Waals surface area contributed by atoms with Crippen LogP contribution < -0.4 is 15.8 Å². The molecule has 1 aromatic heterocycles. The van der Waals surface area contributed by atoms with Crippen LogP contribution in [-0.2, 0) is 6.54 Å². The topological polar surface area (TPSA) is 77.2 Å². The van der Waals surface area contributed by atoms with Gasteiger partial charge < -0.3 is 15.8 Å². The first-order valence-corrected chi connectivity index (χ1v) is 7.20. The number of anilines is 1. The van der Waals surface area contributed by atoms with Crippen LogP contribution in [0.25, 0.3) is 0 Å². The smallest absolute Gasteiger partial charge is 0.257 e. The summed E-state index contributed by atoms with van der Waals surface area (Å²) in [7, 11) is 0. The first-order valence-electron chi connectivity index (χ1n) is 6.32. The van der Waals surface area contributed by atoms with Gasteiger partial charge in [0.2, 0.25) is 0 Å². The molecule has 1 aromatic carbocycles. The molecule has 0 atom stereocenters. The zero-order valence-electron chi connectivity index (χ0n) is 11.5. The molecular formula is C14H17N3O2S. The van der Waals surface area contributed by atoms with Gasteiger partial charge in [-0.15, -0.1) is 11.3 Å². The minimum atomic E-state index is -0.253. The van der Waals surface area contributed by atoms with Gasteiger partial charge in [-0.25, -0.2) is 4.98 Å². The van der Waals surface area contributed by atoms with Gasteiger partial charge in [-0.1, -0.05) is 6.07 Å². The van der Waals surface area contributed by atoms with Crippen LogP contribution in [0.4, 0.5) is 5.69 Å². The molecule has 0 aliphatic carbocycles.